The molecule has 30 heavy (non-hydrogen) atoms. The Kier molecular flexibility index (Phi) is 5.61. The van der Waals surface area contributed by atoms with Crippen LogP contribution in [0, 0.1) is 13.8 Å². The van der Waals surface area contributed by atoms with Crippen molar-refractivity contribution in [2.75, 3.05) is 6.61 Å². The van der Waals surface area contributed by atoms with E-state index in [-0.39, 0.29) is 12.5 Å². The number of carbonyl (C=O) groups is 1. The number of ether oxygens (including phenoxy) is 1. The fourth-order valence-corrected chi connectivity index (χ4v) is 3.56. The van der Waals surface area contributed by atoms with Crippen LogP contribution in [0.25, 0.3) is 16.5 Å². The van der Waals surface area contributed by atoms with Gasteiger partial charge in [0, 0.05) is 22.3 Å². The molecule has 0 aliphatic carbocycles. The third-order valence-corrected chi connectivity index (χ3v) is 4.98. The highest BCUT2D eigenvalue weighted by Crippen LogP contribution is 2.26. The van der Waals surface area contributed by atoms with E-state index >= 15 is 0 Å². The molecule has 0 atom stereocenters. The second-order valence-corrected chi connectivity index (χ2v) is 7.06. The van der Waals surface area contributed by atoms with Gasteiger partial charge in [0.1, 0.15) is 5.75 Å². The molecule has 1 aromatic heterocycles. The highest BCUT2D eigenvalue weighted by Gasteiger charge is 2.12. The standard InChI is InChI=1S/C25H23N3O2/c1-18-15-21(16-26-27-25(29)17-30-22-11-4-3-5-12-22)19(2)28(18)24-14-8-10-20-9-6-7-13-23(20)24/h3-16H,17H2,1-2H3,(H,27,29)/b26-16-. The molecule has 0 radical (unpaired) electrons. The van der Waals surface area contributed by atoms with Crippen molar-refractivity contribution in [3.05, 3.63) is 95.8 Å². The summed E-state index contributed by atoms with van der Waals surface area (Å²) < 4.78 is 7.64. The minimum Gasteiger partial charge on any atom is -0.484 e. The van der Waals surface area contributed by atoms with Crippen molar-refractivity contribution in [3.63, 3.8) is 0 Å². The second kappa shape index (κ2) is 8.66. The van der Waals surface area contributed by atoms with Crippen LogP contribution in [0.2, 0.25) is 0 Å². The smallest absolute Gasteiger partial charge is 0.277 e. The van der Waals surface area contributed by atoms with Crippen molar-refractivity contribution >= 4 is 22.9 Å². The number of fused-ring (bicyclic) bond motifs is 1. The van der Waals surface area contributed by atoms with Gasteiger partial charge in [-0.05, 0) is 43.5 Å². The molecule has 4 aromatic rings. The first-order valence-corrected chi connectivity index (χ1v) is 9.80. The van der Waals surface area contributed by atoms with Crippen LogP contribution < -0.4 is 10.2 Å². The SMILES string of the molecule is Cc1cc(/C=N\NC(=O)COc2ccccc2)c(C)n1-c1cccc2ccccc12. The Bertz CT molecular complexity index is 1200. The number of carbonyl (C=O) groups excluding carboxylic acids is 1. The fraction of sp³-hybridized carbons (Fsp3) is 0.120. The van der Waals surface area contributed by atoms with Crippen molar-refractivity contribution in [2.24, 2.45) is 5.10 Å². The maximum absolute atomic E-state index is 12.0. The summed E-state index contributed by atoms with van der Waals surface area (Å²) in [4.78, 5) is 12.0. The third kappa shape index (κ3) is 4.10. The van der Waals surface area contributed by atoms with Crippen LogP contribution in [0.1, 0.15) is 17.0 Å². The molecule has 3 aromatic carbocycles. The van der Waals surface area contributed by atoms with Crippen molar-refractivity contribution in [1.29, 1.82) is 0 Å². The molecule has 1 amide bonds. The number of hydrogen-bond donors (Lipinski definition) is 1. The number of nitrogens with zero attached hydrogens (tertiary/aromatic N) is 2. The highest BCUT2D eigenvalue weighted by atomic mass is 16.5. The van der Waals surface area contributed by atoms with E-state index in [4.69, 9.17) is 4.74 Å². The number of rotatable bonds is 6. The lowest BCUT2D eigenvalue weighted by atomic mass is 10.1. The molecule has 0 bridgehead atoms. The van der Waals surface area contributed by atoms with E-state index in [1.165, 1.54) is 10.8 Å². The Hall–Kier alpha value is -3.86. The lowest BCUT2D eigenvalue weighted by Gasteiger charge is -2.13. The molecule has 5 heteroatoms. The molecule has 1 N–H and O–H groups in total. The average molecular weight is 397 g/mol. The van der Waals surface area contributed by atoms with Crippen molar-refractivity contribution in [3.8, 4) is 11.4 Å². The first kappa shape index (κ1) is 19.5. The van der Waals surface area contributed by atoms with Crippen LogP contribution in [0.15, 0.2) is 84.0 Å². The number of benzene rings is 3. The van der Waals surface area contributed by atoms with E-state index in [1.54, 1.807) is 18.3 Å². The average Bonchev–Trinajstić information content (AvgIpc) is 3.05. The van der Waals surface area contributed by atoms with Gasteiger partial charge in [-0.1, -0.05) is 54.6 Å². The molecule has 150 valence electrons. The Morgan fingerprint density at radius 2 is 1.73 bits per heavy atom. The lowest BCUT2D eigenvalue weighted by molar-refractivity contribution is -0.123. The number of para-hydroxylation sites is 1. The summed E-state index contributed by atoms with van der Waals surface area (Å²) in [6.07, 6.45) is 1.67. The first-order valence-electron chi connectivity index (χ1n) is 9.80. The molecule has 0 saturated carbocycles. The lowest BCUT2D eigenvalue weighted by Crippen LogP contribution is -2.24. The normalized spacial score (nSPS) is 11.1. The van der Waals surface area contributed by atoms with Gasteiger partial charge in [0.2, 0.25) is 0 Å². The molecule has 4 rings (SSSR count). The summed E-state index contributed by atoms with van der Waals surface area (Å²) in [6, 6.07) is 25.9. The molecular weight excluding hydrogens is 374 g/mol. The Morgan fingerprint density at radius 3 is 2.57 bits per heavy atom. The molecule has 0 spiro atoms. The van der Waals surface area contributed by atoms with Crippen LogP contribution >= 0.6 is 0 Å². The zero-order valence-corrected chi connectivity index (χ0v) is 17.0. The van der Waals surface area contributed by atoms with Gasteiger partial charge in [0.05, 0.1) is 11.9 Å². The number of aryl methyl sites for hydroxylation is 1. The molecule has 0 unspecified atom stereocenters. The van der Waals surface area contributed by atoms with Crippen molar-refractivity contribution in [2.45, 2.75) is 13.8 Å². The van der Waals surface area contributed by atoms with Crippen LogP contribution in [-0.2, 0) is 4.79 Å². The largest absolute Gasteiger partial charge is 0.484 e. The monoisotopic (exact) mass is 397 g/mol. The maximum Gasteiger partial charge on any atom is 0.277 e. The van der Waals surface area contributed by atoms with E-state index in [9.17, 15) is 4.79 Å². The molecule has 0 saturated heterocycles. The summed E-state index contributed by atoms with van der Waals surface area (Å²) in [5.74, 6) is 0.341. The van der Waals surface area contributed by atoms with Gasteiger partial charge in [-0.2, -0.15) is 5.10 Å². The van der Waals surface area contributed by atoms with E-state index in [0.29, 0.717) is 5.75 Å². The predicted octanol–water partition coefficient (Wildman–Crippen LogP) is 4.78. The summed E-state index contributed by atoms with van der Waals surface area (Å²) in [5, 5.41) is 6.50. The zero-order valence-electron chi connectivity index (χ0n) is 17.0. The summed E-state index contributed by atoms with van der Waals surface area (Å²) in [5.41, 5.74) is 6.76. The van der Waals surface area contributed by atoms with Gasteiger partial charge in [-0.25, -0.2) is 5.43 Å². The van der Waals surface area contributed by atoms with Gasteiger partial charge >= 0.3 is 0 Å². The quantitative estimate of drug-likeness (QED) is 0.376. The number of hydrogen-bond acceptors (Lipinski definition) is 3. The topological polar surface area (TPSA) is 55.6 Å². The molecule has 0 aliphatic heterocycles. The van der Waals surface area contributed by atoms with E-state index in [2.05, 4.69) is 71.4 Å². The van der Waals surface area contributed by atoms with Gasteiger partial charge in [0.25, 0.3) is 5.91 Å². The van der Waals surface area contributed by atoms with Gasteiger partial charge < -0.3 is 9.30 Å². The summed E-state index contributed by atoms with van der Waals surface area (Å²) in [7, 11) is 0. The molecular formula is C25H23N3O2. The number of aromatic nitrogens is 1. The van der Waals surface area contributed by atoms with Crippen molar-refractivity contribution < 1.29 is 9.53 Å². The Labute approximate surface area is 175 Å². The fourth-order valence-electron chi connectivity index (χ4n) is 3.56. The predicted molar refractivity (Wildman–Crippen MR) is 120 cm³/mol. The Balaban J connectivity index is 1.49. The van der Waals surface area contributed by atoms with Gasteiger partial charge in [-0.15, -0.1) is 0 Å². The molecule has 5 nitrogen and oxygen atoms in total. The molecule has 0 aliphatic rings. The number of nitrogens with one attached hydrogen (secondary N) is 1. The molecule has 1 heterocycles. The summed E-state index contributed by atoms with van der Waals surface area (Å²) >= 11 is 0. The number of hydrazone groups is 1. The van der Waals surface area contributed by atoms with E-state index < -0.39 is 0 Å². The number of amides is 1. The van der Waals surface area contributed by atoms with E-state index in [0.717, 1.165) is 22.6 Å². The first-order chi connectivity index (χ1) is 14.6. The summed E-state index contributed by atoms with van der Waals surface area (Å²) in [6.45, 7) is 4.03. The zero-order chi connectivity index (χ0) is 20.9. The van der Waals surface area contributed by atoms with Crippen LogP contribution in [0.5, 0.6) is 5.75 Å². The van der Waals surface area contributed by atoms with E-state index in [1.807, 2.05) is 24.3 Å². The van der Waals surface area contributed by atoms with Crippen LogP contribution in [0.4, 0.5) is 0 Å². The minimum atomic E-state index is -0.307. The third-order valence-electron chi connectivity index (χ3n) is 4.98. The van der Waals surface area contributed by atoms with Gasteiger partial charge in [0.15, 0.2) is 6.61 Å². The highest BCUT2D eigenvalue weighted by molar-refractivity contribution is 5.91. The van der Waals surface area contributed by atoms with Crippen LogP contribution in [0.3, 0.4) is 0 Å². The minimum absolute atomic E-state index is 0.0869. The molecule has 0 fully saturated rings. The maximum atomic E-state index is 12.0. The van der Waals surface area contributed by atoms with Crippen molar-refractivity contribution in [1.82, 2.24) is 9.99 Å². The Morgan fingerprint density at radius 1 is 1.00 bits per heavy atom. The second-order valence-electron chi connectivity index (χ2n) is 7.06. The van der Waals surface area contributed by atoms with Gasteiger partial charge in [-0.3, -0.25) is 4.79 Å². The van der Waals surface area contributed by atoms with Crippen LogP contribution in [-0.4, -0.2) is 23.3 Å².